The lowest BCUT2D eigenvalue weighted by molar-refractivity contribution is 0.0950. The van der Waals surface area contributed by atoms with Crippen LogP contribution < -0.4 is 14.8 Å². The van der Waals surface area contributed by atoms with Crippen LogP contribution in [0.15, 0.2) is 64.8 Å². The summed E-state index contributed by atoms with van der Waals surface area (Å²) in [6.07, 6.45) is 4.28. The van der Waals surface area contributed by atoms with E-state index in [1.165, 1.54) is 44.8 Å². The summed E-state index contributed by atoms with van der Waals surface area (Å²) in [5.41, 5.74) is 1.47. The van der Waals surface area contributed by atoms with Gasteiger partial charge in [-0.25, -0.2) is 13.4 Å². The Morgan fingerprint density at radius 2 is 1.72 bits per heavy atom. The number of amides is 1. The molecule has 164 valence electrons. The Balaban J connectivity index is 1.48. The third kappa shape index (κ3) is 4.23. The minimum absolute atomic E-state index is 0.0116. The fourth-order valence-corrected chi connectivity index (χ4v) is 4.23. The third-order valence-corrected chi connectivity index (χ3v) is 6.45. The van der Waals surface area contributed by atoms with Crippen LogP contribution in [0.5, 0.6) is 11.5 Å². The lowest BCUT2D eigenvalue weighted by Gasteiger charge is -2.10. The fourth-order valence-electron chi connectivity index (χ4n) is 2.98. The number of hydrogen-bond acceptors (Lipinski definition) is 8. The standard InChI is InChI=1S/C21H19N5O5S/c1-30-16-6-17(31-2)8-19(7-16)32(28,29)18-4-3-15(22-12-18)11-24-21(27)14-5-13-10-25-26-20(13)23-9-14/h3-10,12H,11H2,1-2H3,(H,24,27)(H,23,25,26). The molecule has 0 aliphatic rings. The molecule has 0 atom stereocenters. The molecule has 11 heteroatoms. The maximum absolute atomic E-state index is 13.0. The monoisotopic (exact) mass is 453 g/mol. The van der Waals surface area contributed by atoms with E-state index < -0.39 is 9.84 Å². The predicted octanol–water partition coefficient (Wildman–Crippen LogP) is 2.13. The molecule has 0 saturated heterocycles. The molecule has 0 spiro atoms. The maximum atomic E-state index is 13.0. The molecule has 2 N–H and O–H groups in total. The highest BCUT2D eigenvalue weighted by atomic mass is 32.2. The van der Waals surface area contributed by atoms with Crippen molar-refractivity contribution >= 4 is 26.8 Å². The molecule has 0 bridgehead atoms. The number of aromatic nitrogens is 4. The number of ether oxygens (including phenoxy) is 2. The van der Waals surface area contributed by atoms with Gasteiger partial charge in [-0.1, -0.05) is 0 Å². The first-order chi connectivity index (χ1) is 15.4. The number of carbonyl (C=O) groups is 1. The second-order valence-corrected chi connectivity index (χ2v) is 8.70. The van der Waals surface area contributed by atoms with Gasteiger partial charge in [-0.05, 0) is 30.3 Å². The predicted molar refractivity (Wildman–Crippen MR) is 114 cm³/mol. The molecule has 0 fully saturated rings. The normalized spacial score (nSPS) is 11.3. The van der Waals surface area contributed by atoms with Gasteiger partial charge < -0.3 is 14.8 Å². The number of benzene rings is 1. The summed E-state index contributed by atoms with van der Waals surface area (Å²) in [5, 5.41) is 10.1. The quantitative estimate of drug-likeness (QED) is 0.434. The summed E-state index contributed by atoms with van der Waals surface area (Å²) in [4.78, 5) is 20.7. The van der Waals surface area contributed by atoms with Crippen molar-refractivity contribution in [2.75, 3.05) is 14.2 Å². The zero-order chi connectivity index (χ0) is 22.7. The van der Waals surface area contributed by atoms with E-state index in [2.05, 4.69) is 25.5 Å². The highest BCUT2D eigenvalue weighted by molar-refractivity contribution is 7.91. The van der Waals surface area contributed by atoms with Crippen LogP contribution in [0.25, 0.3) is 11.0 Å². The van der Waals surface area contributed by atoms with E-state index in [0.29, 0.717) is 28.4 Å². The van der Waals surface area contributed by atoms with E-state index in [9.17, 15) is 13.2 Å². The number of methoxy groups -OCH3 is 2. The molecule has 0 aliphatic carbocycles. The van der Waals surface area contributed by atoms with E-state index in [1.54, 1.807) is 24.4 Å². The first-order valence-electron chi connectivity index (χ1n) is 9.41. The number of sulfone groups is 1. The first kappa shape index (κ1) is 21.2. The van der Waals surface area contributed by atoms with Gasteiger partial charge in [0.25, 0.3) is 5.91 Å². The van der Waals surface area contributed by atoms with E-state index in [-0.39, 0.29) is 22.2 Å². The van der Waals surface area contributed by atoms with Crippen LogP contribution in [0.4, 0.5) is 0 Å². The van der Waals surface area contributed by atoms with E-state index in [1.807, 2.05) is 0 Å². The largest absolute Gasteiger partial charge is 0.497 e. The molecular weight excluding hydrogens is 434 g/mol. The lowest BCUT2D eigenvalue weighted by atomic mass is 10.2. The average molecular weight is 453 g/mol. The average Bonchev–Trinajstić information content (AvgIpc) is 3.30. The Bertz CT molecular complexity index is 1360. The molecule has 1 amide bonds. The van der Waals surface area contributed by atoms with Gasteiger partial charge >= 0.3 is 0 Å². The van der Waals surface area contributed by atoms with Crippen LogP contribution >= 0.6 is 0 Å². The number of H-pyrrole nitrogens is 1. The number of fused-ring (bicyclic) bond motifs is 1. The molecule has 32 heavy (non-hydrogen) atoms. The summed E-state index contributed by atoms with van der Waals surface area (Å²) >= 11 is 0. The molecule has 3 aromatic heterocycles. The van der Waals surface area contributed by atoms with Crippen molar-refractivity contribution in [3.63, 3.8) is 0 Å². The lowest BCUT2D eigenvalue weighted by Crippen LogP contribution is -2.23. The van der Waals surface area contributed by atoms with Gasteiger partial charge in [0.1, 0.15) is 11.5 Å². The fraction of sp³-hybridized carbons (Fsp3) is 0.143. The van der Waals surface area contributed by atoms with Gasteiger partial charge in [-0.3, -0.25) is 14.9 Å². The van der Waals surface area contributed by atoms with Crippen LogP contribution in [-0.4, -0.2) is 48.7 Å². The Hall–Kier alpha value is -3.99. The summed E-state index contributed by atoms with van der Waals surface area (Å²) < 4.78 is 36.3. The van der Waals surface area contributed by atoms with Crippen LogP contribution in [0.1, 0.15) is 16.1 Å². The van der Waals surface area contributed by atoms with E-state index >= 15 is 0 Å². The van der Waals surface area contributed by atoms with Crippen LogP contribution in [0.3, 0.4) is 0 Å². The van der Waals surface area contributed by atoms with E-state index in [0.717, 1.165) is 5.39 Å². The van der Waals surface area contributed by atoms with Crippen molar-refractivity contribution in [2.45, 2.75) is 16.3 Å². The molecule has 3 heterocycles. The SMILES string of the molecule is COc1cc(OC)cc(S(=O)(=O)c2ccc(CNC(=O)c3cnc4[nH]ncc4c3)nc2)c1. The zero-order valence-corrected chi connectivity index (χ0v) is 18.0. The summed E-state index contributed by atoms with van der Waals surface area (Å²) in [5.74, 6) is 0.388. The molecule has 4 aromatic rings. The summed E-state index contributed by atoms with van der Waals surface area (Å²) in [6.45, 7) is 0.121. The highest BCUT2D eigenvalue weighted by Gasteiger charge is 2.20. The van der Waals surface area contributed by atoms with Crippen molar-refractivity contribution in [2.24, 2.45) is 0 Å². The smallest absolute Gasteiger partial charge is 0.253 e. The second-order valence-electron chi connectivity index (χ2n) is 6.75. The van der Waals surface area contributed by atoms with Crippen LogP contribution in [-0.2, 0) is 16.4 Å². The van der Waals surface area contributed by atoms with Gasteiger partial charge in [0.2, 0.25) is 9.84 Å². The molecule has 0 radical (unpaired) electrons. The molecular formula is C21H19N5O5S. The molecule has 4 rings (SSSR count). The van der Waals surface area contributed by atoms with Gasteiger partial charge in [0.15, 0.2) is 5.65 Å². The number of pyridine rings is 2. The first-order valence-corrected chi connectivity index (χ1v) is 10.9. The van der Waals surface area contributed by atoms with Gasteiger partial charge in [0, 0.05) is 23.8 Å². The Morgan fingerprint density at radius 1 is 0.969 bits per heavy atom. The number of aromatic amines is 1. The number of hydrogen-bond donors (Lipinski definition) is 2. The number of carbonyl (C=O) groups excluding carboxylic acids is 1. The molecule has 0 saturated carbocycles. The number of rotatable bonds is 7. The number of nitrogens with zero attached hydrogens (tertiary/aromatic N) is 3. The van der Waals surface area contributed by atoms with Crippen molar-refractivity contribution in [1.82, 2.24) is 25.5 Å². The van der Waals surface area contributed by atoms with Gasteiger partial charge in [-0.2, -0.15) is 5.10 Å². The van der Waals surface area contributed by atoms with Crippen LogP contribution in [0, 0.1) is 0 Å². The minimum atomic E-state index is -3.84. The summed E-state index contributed by atoms with van der Waals surface area (Å²) in [7, 11) is -0.950. The highest BCUT2D eigenvalue weighted by Crippen LogP contribution is 2.29. The molecule has 0 unspecified atom stereocenters. The van der Waals surface area contributed by atoms with Crippen LogP contribution in [0.2, 0.25) is 0 Å². The third-order valence-electron chi connectivity index (χ3n) is 4.73. The van der Waals surface area contributed by atoms with Crippen molar-refractivity contribution < 1.29 is 22.7 Å². The maximum Gasteiger partial charge on any atom is 0.253 e. The van der Waals surface area contributed by atoms with E-state index in [4.69, 9.17) is 9.47 Å². The van der Waals surface area contributed by atoms with Crippen molar-refractivity contribution in [1.29, 1.82) is 0 Å². The number of nitrogens with one attached hydrogen (secondary N) is 2. The molecule has 0 aliphatic heterocycles. The Morgan fingerprint density at radius 3 is 2.38 bits per heavy atom. The molecule has 10 nitrogen and oxygen atoms in total. The van der Waals surface area contributed by atoms with Gasteiger partial charge in [0.05, 0.1) is 48.0 Å². The minimum Gasteiger partial charge on any atom is -0.497 e. The Labute approximate surface area is 183 Å². The zero-order valence-electron chi connectivity index (χ0n) is 17.2. The Kier molecular flexibility index (Phi) is 5.73. The summed E-state index contributed by atoms with van der Waals surface area (Å²) in [6, 6.07) is 9.07. The van der Waals surface area contributed by atoms with Crippen molar-refractivity contribution in [3.8, 4) is 11.5 Å². The molecule has 1 aromatic carbocycles. The topological polar surface area (TPSA) is 136 Å². The second kappa shape index (κ2) is 8.63. The van der Waals surface area contributed by atoms with Gasteiger partial charge in [-0.15, -0.1) is 0 Å². The van der Waals surface area contributed by atoms with Crippen molar-refractivity contribution in [3.05, 3.63) is 66.2 Å².